The summed E-state index contributed by atoms with van der Waals surface area (Å²) >= 11 is 0. The third-order valence-corrected chi connectivity index (χ3v) is 0.672. The van der Waals surface area contributed by atoms with Crippen molar-refractivity contribution in [3.05, 3.63) is 0 Å². The molecule has 0 aromatic heterocycles. The van der Waals surface area contributed by atoms with Gasteiger partial charge in [0, 0.05) is 0 Å². The van der Waals surface area contributed by atoms with Crippen LogP contribution in [0, 0.1) is 0 Å². The van der Waals surface area contributed by atoms with Gasteiger partial charge in [0.15, 0.2) is 0 Å². The maximum Gasteiger partial charge on any atom is 0.232 e. The third kappa shape index (κ3) is 2.02. The summed E-state index contributed by atoms with van der Waals surface area (Å²) in [6.45, 7) is -0.629. The molecule has 0 aliphatic heterocycles. The lowest BCUT2D eigenvalue weighted by Crippen LogP contribution is -2.30. The fraction of sp³-hybridized carbons (Fsp3) is 0.750. The largest absolute Gasteiger partial charge is 0.394 e. The topological polar surface area (TPSA) is 77.8 Å². The van der Waals surface area contributed by atoms with Gasteiger partial charge in [0.2, 0.25) is 6.29 Å². The number of carbonyl (C=O) groups excluding carboxylic acids is 1. The average Bonchev–Trinajstić information content (AvgIpc) is 1.84. The first-order valence-corrected chi connectivity index (χ1v) is 2.07. The summed E-state index contributed by atoms with van der Waals surface area (Å²) in [6.07, 6.45) is -1.87. The van der Waals surface area contributed by atoms with Crippen molar-refractivity contribution in [2.24, 2.45) is 0 Å². The molecule has 0 heterocycles. The van der Waals surface area contributed by atoms with Gasteiger partial charge in [-0.05, 0) is 0 Å². The van der Waals surface area contributed by atoms with Crippen molar-refractivity contribution >= 4 is 6.29 Å². The molecular formula is C4H7O4. The van der Waals surface area contributed by atoms with Crippen LogP contribution in [0.5, 0.6) is 0 Å². The predicted octanol–water partition coefficient (Wildman–Crippen LogP) is -2.19. The number of hydrogen-bond acceptors (Lipinski definition) is 4. The van der Waals surface area contributed by atoms with Gasteiger partial charge in [0.25, 0.3) is 0 Å². The van der Waals surface area contributed by atoms with Gasteiger partial charge >= 0.3 is 0 Å². The lowest BCUT2D eigenvalue weighted by Gasteiger charge is -2.05. The van der Waals surface area contributed by atoms with E-state index in [-0.39, 0.29) is 0 Å². The Balaban J connectivity index is 3.44. The van der Waals surface area contributed by atoms with E-state index in [1.807, 2.05) is 0 Å². The molecule has 0 amide bonds. The zero-order valence-corrected chi connectivity index (χ0v) is 4.11. The van der Waals surface area contributed by atoms with E-state index in [0.29, 0.717) is 0 Å². The van der Waals surface area contributed by atoms with E-state index in [1.54, 1.807) is 0 Å². The summed E-state index contributed by atoms with van der Waals surface area (Å²) in [6, 6.07) is 0. The van der Waals surface area contributed by atoms with Crippen LogP contribution in [-0.2, 0) is 4.79 Å². The zero-order valence-electron chi connectivity index (χ0n) is 4.11. The van der Waals surface area contributed by atoms with E-state index in [1.165, 1.54) is 0 Å². The lowest BCUT2D eigenvalue weighted by molar-refractivity contribution is 0.0174. The van der Waals surface area contributed by atoms with Crippen LogP contribution in [0.2, 0.25) is 0 Å². The van der Waals surface area contributed by atoms with Gasteiger partial charge in [-0.3, -0.25) is 4.79 Å². The molecule has 8 heavy (non-hydrogen) atoms. The Hall–Kier alpha value is -0.450. The Kier molecular flexibility index (Phi) is 3.34. The molecule has 0 aromatic rings. The molecule has 4 nitrogen and oxygen atoms in total. The van der Waals surface area contributed by atoms with E-state index < -0.39 is 18.8 Å². The summed E-state index contributed by atoms with van der Waals surface area (Å²) in [5.74, 6) is 0. The highest BCUT2D eigenvalue weighted by atomic mass is 16.4. The van der Waals surface area contributed by atoms with E-state index in [9.17, 15) is 4.79 Å². The second-order valence-corrected chi connectivity index (χ2v) is 1.31. The van der Waals surface area contributed by atoms with E-state index in [0.717, 1.165) is 6.29 Å². The number of rotatable bonds is 3. The van der Waals surface area contributed by atoms with Gasteiger partial charge in [-0.25, -0.2) is 0 Å². The minimum Gasteiger partial charge on any atom is -0.394 e. The maximum atomic E-state index is 9.46. The molecule has 0 aliphatic rings. The highest BCUT2D eigenvalue weighted by Gasteiger charge is 2.13. The second-order valence-electron chi connectivity index (χ2n) is 1.31. The van der Waals surface area contributed by atoms with Crippen LogP contribution >= 0.6 is 0 Å². The van der Waals surface area contributed by atoms with Crippen molar-refractivity contribution in [1.29, 1.82) is 0 Å². The number of aliphatic hydroxyl groups is 3. The maximum absolute atomic E-state index is 9.46. The quantitative estimate of drug-likeness (QED) is 0.394. The Morgan fingerprint density at radius 3 is 2.12 bits per heavy atom. The van der Waals surface area contributed by atoms with Gasteiger partial charge in [-0.15, -0.1) is 0 Å². The molecule has 4 heteroatoms. The molecule has 0 saturated heterocycles. The van der Waals surface area contributed by atoms with Crippen molar-refractivity contribution in [3.8, 4) is 0 Å². The number of aliphatic hydroxyl groups excluding tert-OH is 3. The fourth-order valence-corrected chi connectivity index (χ4v) is 0.178. The van der Waals surface area contributed by atoms with Gasteiger partial charge in [0.05, 0.1) is 6.61 Å². The molecule has 0 aliphatic carbocycles. The molecule has 0 rings (SSSR count). The van der Waals surface area contributed by atoms with E-state index in [4.69, 9.17) is 15.3 Å². The van der Waals surface area contributed by atoms with Crippen LogP contribution in [0.25, 0.3) is 0 Å². The minimum atomic E-state index is -1.58. The van der Waals surface area contributed by atoms with Gasteiger partial charge in [-0.2, -0.15) is 0 Å². The highest BCUT2D eigenvalue weighted by molar-refractivity contribution is 5.57. The first-order chi connectivity index (χ1) is 3.72. The molecule has 47 valence electrons. The molecule has 0 saturated carbocycles. The van der Waals surface area contributed by atoms with Crippen LogP contribution in [0.4, 0.5) is 0 Å². The van der Waals surface area contributed by atoms with Gasteiger partial charge < -0.3 is 15.3 Å². The first-order valence-electron chi connectivity index (χ1n) is 2.07. The minimum absolute atomic E-state index is 0.629. The monoisotopic (exact) mass is 119 g/mol. The lowest BCUT2D eigenvalue weighted by atomic mass is 10.2. The Morgan fingerprint density at radius 1 is 1.50 bits per heavy atom. The van der Waals surface area contributed by atoms with Crippen LogP contribution < -0.4 is 0 Å². The Labute approximate surface area is 46.4 Å². The first kappa shape index (κ1) is 7.55. The van der Waals surface area contributed by atoms with Crippen LogP contribution in [-0.4, -0.2) is 40.4 Å². The summed E-state index contributed by atoms with van der Waals surface area (Å²) in [7, 11) is 0. The summed E-state index contributed by atoms with van der Waals surface area (Å²) in [5, 5.41) is 24.7. The molecule has 0 spiro atoms. The molecule has 2 unspecified atom stereocenters. The summed E-state index contributed by atoms with van der Waals surface area (Å²) < 4.78 is 0. The van der Waals surface area contributed by atoms with Crippen molar-refractivity contribution < 1.29 is 20.1 Å². The molecule has 0 fully saturated rings. The Bertz CT molecular complexity index is 72.4. The van der Waals surface area contributed by atoms with E-state index >= 15 is 0 Å². The van der Waals surface area contributed by atoms with Crippen molar-refractivity contribution in [3.63, 3.8) is 0 Å². The number of hydrogen-bond donors (Lipinski definition) is 3. The zero-order chi connectivity index (χ0) is 6.57. The van der Waals surface area contributed by atoms with Gasteiger partial charge in [-0.1, -0.05) is 0 Å². The molecule has 0 bridgehead atoms. The third-order valence-electron chi connectivity index (χ3n) is 0.672. The summed E-state index contributed by atoms with van der Waals surface area (Å²) in [5.41, 5.74) is 0. The summed E-state index contributed by atoms with van der Waals surface area (Å²) in [4.78, 5) is 9.46. The van der Waals surface area contributed by atoms with Crippen molar-refractivity contribution in [1.82, 2.24) is 0 Å². The SMILES string of the molecule is O=[C]C(O)C(O)CO. The standard InChI is InChI=1S/C4H7O4/c5-1-3(7)4(8)2-6/h3-5,7-8H,1H2. The van der Waals surface area contributed by atoms with Crippen molar-refractivity contribution in [2.75, 3.05) is 6.61 Å². The van der Waals surface area contributed by atoms with Crippen molar-refractivity contribution in [2.45, 2.75) is 12.2 Å². The molecular weight excluding hydrogens is 112 g/mol. The second kappa shape index (κ2) is 3.54. The normalized spacial score (nSPS) is 17.4. The smallest absolute Gasteiger partial charge is 0.232 e. The Morgan fingerprint density at radius 2 is 2.00 bits per heavy atom. The molecule has 2 atom stereocenters. The fourth-order valence-electron chi connectivity index (χ4n) is 0.178. The molecule has 0 aromatic carbocycles. The molecule has 1 radical (unpaired) electrons. The van der Waals surface area contributed by atoms with E-state index in [2.05, 4.69) is 0 Å². The van der Waals surface area contributed by atoms with Crippen LogP contribution in [0.3, 0.4) is 0 Å². The highest BCUT2D eigenvalue weighted by Crippen LogP contribution is 1.85. The average molecular weight is 119 g/mol. The van der Waals surface area contributed by atoms with Crippen LogP contribution in [0.15, 0.2) is 0 Å². The van der Waals surface area contributed by atoms with Crippen LogP contribution in [0.1, 0.15) is 0 Å². The van der Waals surface area contributed by atoms with Gasteiger partial charge in [0.1, 0.15) is 12.2 Å². The predicted molar refractivity (Wildman–Crippen MR) is 24.8 cm³/mol. The molecule has 3 N–H and O–H groups in total.